The van der Waals surface area contributed by atoms with Crippen molar-refractivity contribution in [3.8, 4) is 5.75 Å². The van der Waals surface area contributed by atoms with Crippen LogP contribution in [0.4, 0.5) is 5.69 Å². The number of aromatic nitrogens is 3. The number of anilines is 1. The SMILES string of the molecule is O=C1COc2ccccc2N1CC(=O)N1CCC[C@H]1Cn1ccnn1. The van der Waals surface area contributed by atoms with E-state index in [-0.39, 0.29) is 31.0 Å². The molecule has 0 bridgehead atoms. The Balaban J connectivity index is 1.48. The summed E-state index contributed by atoms with van der Waals surface area (Å²) < 4.78 is 7.17. The number of nitrogens with zero attached hydrogens (tertiary/aromatic N) is 5. The van der Waals surface area contributed by atoms with Crippen molar-refractivity contribution in [2.24, 2.45) is 0 Å². The highest BCUT2D eigenvalue weighted by Gasteiger charge is 2.33. The summed E-state index contributed by atoms with van der Waals surface area (Å²) in [7, 11) is 0. The van der Waals surface area contributed by atoms with Crippen molar-refractivity contribution in [2.75, 3.05) is 24.6 Å². The number of rotatable bonds is 4. The highest BCUT2D eigenvalue weighted by molar-refractivity contribution is 6.02. The lowest BCUT2D eigenvalue weighted by Crippen LogP contribution is -2.48. The molecule has 25 heavy (non-hydrogen) atoms. The predicted octanol–water partition coefficient (Wildman–Crippen LogP) is 0.695. The Hall–Kier alpha value is -2.90. The number of hydrogen-bond acceptors (Lipinski definition) is 5. The van der Waals surface area contributed by atoms with Crippen molar-refractivity contribution in [1.29, 1.82) is 0 Å². The first-order valence-corrected chi connectivity index (χ1v) is 8.38. The van der Waals surface area contributed by atoms with Gasteiger partial charge in [0.2, 0.25) is 5.91 Å². The smallest absolute Gasteiger partial charge is 0.265 e. The Morgan fingerprint density at radius 1 is 1.32 bits per heavy atom. The van der Waals surface area contributed by atoms with Crippen LogP contribution in [0.1, 0.15) is 12.8 Å². The number of carbonyl (C=O) groups is 2. The van der Waals surface area contributed by atoms with Gasteiger partial charge in [-0.15, -0.1) is 5.10 Å². The largest absolute Gasteiger partial charge is 0.482 e. The molecule has 4 rings (SSSR count). The second kappa shape index (κ2) is 6.54. The van der Waals surface area contributed by atoms with Gasteiger partial charge in [-0.05, 0) is 25.0 Å². The molecule has 0 spiro atoms. The summed E-state index contributed by atoms with van der Waals surface area (Å²) in [5.74, 6) is 0.391. The Morgan fingerprint density at radius 2 is 2.20 bits per heavy atom. The first kappa shape index (κ1) is 15.6. The number of para-hydroxylation sites is 2. The van der Waals surface area contributed by atoms with E-state index in [2.05, 4.69) is 10.3 Å². The summed E-state index contributed by atoms with van der Waals surface area (Å²) >= 11 is 0. The number of ether oxygens (including phenoxy) is 1. The summed E-state index contributed by atoms with van der Waals surface area (Å²) in [6.45, 7) is 1.33. The zero-order valence-corrected chi connectivity index (χ0v) is 13.7. The molecule has 0 saturated carbocycles. The van der Waals surface area contributed by atoms with Crippen LogP contribution in [0.5, 0.6) is 5.75 Å². The fraction of sp³-hybridized carbons (Fsp3) is 0.412. The maximum atomic E-state index is 12.9. The zero-order chi connectivity index (χ0) is 17.2. The number of fused-ring (bicyclic) bond motifs is 1. The van der Waals surface area contributed by atoms with Gasteiger partial charge in [-0.1, -0.05) is 17.3 Å². The molecule has 1 saturated heterocycles. The van der Waals surface area contributed by atoms with E-state index in [1.54, 1.807) is 23.1 Å². The fourth-order valence-corrected chi connectivity index (χ4v) is 3.45. The minimum atomic E-state index is -0.195. The molecule has 1 atom stereocenters. The topological polar surface area (TPSA) is 80.6 Å². The van der Waals surface area contributed by atoms with Crippen LogP contribution in [0, 0.1) is 0 Å². The Bertz CT molecular complexity index is 776. The molecule has 0 N–H and O–H groups in total. The van der Waals surface area contributed by atoms with Gasteiger partial charge in [0, 0.05) is 12.7 Å². The average Bonchev–Trinajstić information content (AvgIpc) is 3.30. The van der Waals surface area contributed by atoms with Crippen molar-refractivity contribution in [3.05, 3.63) is 36.7 Å². The first-order valence-electron chi connectivity index (χ1n) is 8.38. The summed E-state index contributed by atoms with van der Waals surface area (Å²) in [6, 6.07) is 7.38. The van der Waals surface area contributed by atoms with Gasteiger partial charge < -0.3 is 9.64 Å². The molecular weight excluding hydrogens is 322 g/mol. The maximum absolute atomic E-state index is 12.9. The highest BCUT2D eigenvalue weighted by Crippen LogP contribution is 2.31. The molecular formula is C17H19N5O3. The van der Waals surface area contributed by atoms with Crippen molar-refractivity contribution >= 4 is 17.5 Å². The molecule has 1 fully saturated rings. The lowest BCUT2D eigenvalue weighted by molar-refractivity contribution is -0.132. The quantitative estimate of drug-likeness (QED) is 0.817. The van der Waals surface area contributed by atoms with Gasteiger partial charge in [0.25, 0.3) is 5.91 Å². The molecule has 0 unspecified atom stereocenters. The van der Waals surface area contributed by atoms with Gasteiger partial charge in [0.1, 0.15) is 12.3 Å². The standard InChI is InChI=1S/C17H19N5O3/c23-16(21-8-3-4-13(21)10-20-9-7-18-19-20)11-22-14-5-1-2-6-15(14)25-12-17(22)24/h1-2,5-7,9,13H,3-4,8,10-12H2/t13-/m0/s1. The number of likely N-dealkylation sites (tertiary alicyclic amines) is 1. The first-order chi connectivity index (χ1) is 12.2. The summed E-state index contributed by atoms with van der Waals surface area (Å²) in [5, 5.41) is 7.78. The predicted molar refractivity (Wildman–Crippen MR) is 89.0 cm³/mol. The van der Waals surface area contributed by atoms with Crippen molar-refractivity contribution in [1.82, 2.24) is 19.9 Å². The number of benzene rings is 1. The van der Waals surface area contributed by atoms with Crippen LogP contribution in [0.25, 0.3) is 0 Å². The molecule has 1 aromatic heterocycles. The maximum Gasteiger partial charge on any atom is 0.265 e. The lowest BCUT2D eigenvalue weighted by atomic mass is 10.2. The molecule has 2 amide bonds. The monoisotopic (exact) mass is 341 g/mol. The van der Waals surface area contributed by atoms with Crippen molar-refractivity contribution < 1.29 is 14.3 Å². The van der Waals surface area contributed by atoms with Gasteiger partial charge in [0.15, 0.2) is 6.61 Å². The van der Waals surface area contributed by atoms with E-state index in [1.165, 1.54) is 4.90 Å². The number of carbonyl (C=O) groups excluding carboxylic acids is 2. The van der Waals surface area contributed by atoms with Crippen LogP contribution in [-0.2, 0) is 16.1 Å². The van der Waals surface area contributed by atoms with E-state index in [0.717, 1.165) is 12.8 Å². The van der Waals surface area contributed by atoms with Crippen LogP contribution >= 0.6 is 0 Å². The molecule has 2 aliphatic heterocycles. The van der Waals surface area contributed by atoms with Gasteiger partial charge >= 0.3 is 0 Å². The third kappa shape index (κ3) is 3.07. The molecule has 130 valence electrons. The summed E-state index contributed by atoms with van der Waals surface area (Å²) in [6.07, 6.45) is 5.31. The fourth-order valence-electron chi connectivity index (χ4n) is 3.45. The van der Waals surface area contributed by atoms with E-state index >= 15 is 0 Å². The molecule has 0 aliphatic carbocycles. The normalized spacial score (nSPS) is 19.7. The molecule has 0 radical (unpaired) electrons. The van der Waals surface area contributed by atoms with Crippen LogP contribution in [0.2, 0.25) is 0 Å². The van der Waals surface area contributed by atoms with E-state index in [0.29, 0.717) is 24.5 Å². The van der Waals surface area contributed by atoms with Crippen LogP contribution in [0.15, 0.2) is 36.7 Å². The van der Waals surface area contributed by atoms with Crippen molar-refractivity contribution in [3.63, 3.8) is 0 Å². The molecule has 2 aliphatic rings. The van der Waals surface area contributed by atoms with Gasteiger partial charge in [-0.3, -0.25) is 19.2 Å². The summed E-state index contributed by atoms with van der Waals surface area (Å²) in [4.78, 5) is 28.5. The zero-order valence-electron chi connectivity index (χ0n) is 13.7. The minimum absolute atomic E-state index is 0.0348. The van der Waals surface area contributed by atoms with Crippen molar-refractivity contribution in [2.45, 2.75) is 25.4 Å². The number of amides is 2. The Labute approximate surface area is 145 Å². The average molecular weight is 341 g/mol. The summed E-state index contributed by atoms with van der Waals surface area (Å²) in [5.41, 5.74) is 0.652. The third-order valence-corrected chi connectivity index (χ3v) is 4.67. The molecule has 3 heterocycles. The van der Waals surface area contributed by atoms with E-state index < -0.39 is 0 Å². The van der Waals surface area contributed by atoms with Crippen LogP contribution < -0.4 is 9.64 Å². The molecule has 8 heteroatoms. The van der Waals surface area contributed by atoms with E-state index in [9.17, 15) is 9.59 Å². The van der Waals surface area contributed by atoms with Gasteiger partial charge in [-0.25, -0.2) is 0 Å². The lowest BCUT2D eigenvalue weighted by Gasteiger charge is -2.31. The molecule has 8 nitrogen and oxygen atoms in total. The second-order valence-corrected chi connectivity index (χ2v) is 6.24. The molecule has 1 aromatic carbocycles. The highest BCUT2D eigenvalue weighted by atomic mass is 16.5. The van der Waals surface area contributed by atoms with E-state index in [4.69, 9.17) is 4.74 Å². The minimum Gasteiger partial charge on any atom is -0.482 e. The van der Waals surface area contributed by atoms with E-state index in [1.807, 2.05) is 23.1 Å². The Kier molecular flexibility index (Phi) is 4.09. The third-order valence-electron chi connectivity index (χ3n) is 4.67. The molecule has 2 aromatic rings. The van der Waals surface area contributed by atoms with Gasteiger partial charge in [0.05, 0.1) is 24.5 Å². The van der Waals surface area contributed by atoms with Crippen LogP contribution in [-0.4, -0.2) is 57.4 Å². The van der Waals surface area contributed by atoms with Gasteiger partial charge in [-0.2, -0.15) is 0 Å². The van der Waals surface area contributed by atoms with Crippen LogP contribution in [0.3, 0.4) is 0 Å². The Morgan fingerprint density at radius 3 is 3.04 bits per heavy atom. The second-order valence-electron chi connectivity index (χ2n) is 6.24. The number of hydrogen-bond donors (Lipinski definition) is 0.